The number of rotatable bonds is 4. The van der Waals surface area contributed by atoms with Gasteiger partial charge in [-0.05, 0) is 18.5 Å². The first-order valence-electron chi connectivity index (χ1n) is 4.16. The van der Waals surface area contributed by atoms with Crippen LogP contribution in [0.2, 0.25) is 5.28 Å². The molecular weight excluding hydrogens is 228 g/mol. The fraction of sp³-hybridized carbons (Fsp3) is 0.500. The average molecular weight is 238 g/mol. The molecule has 0 aromatic carbocycles. The standard InChI is InChI=1S/C8H10ClF2N3O/c1-5-2-12-7(9)14-6(5)13-3-8(10,11)4-15/h2,15H,3-4H2,1H3,(H,12,13,14). The second kappa shape index (κ2) is 4.67. The van der Waals surface area contributed by atoms with E-state index < -0.39 is 19.1 Å². The summed E-state index contributed by atoms with van der Waals surface area (Å²) < 4.78 is 25.4. The number of hydrogen-bond donors (Lipinski definition) is 2. The zero-order valence-corrected chi connectivity index (χ0v) is 8.72. The third-order valence-corrected chi connectivity index (χ3v) is 1.87. The first-order valence-corrected chi connectivity index (χ1v) is 4.54. The van der Waals surface area contributed by atoms with Gasteiger partial charge in [-0.3, -0.25) is 0 Å². The number of aliphatic hydroxyl groups is 1. The van der Waals surface area contributed by atoms with Crippen LogP contribution >= 0.6 is 11.6 Å². The molecule has 0 fully saturated rings. The Bertz CT molecular complexity index is 349. The summed E-state index contributed by atoms with van der Waals surface area (Å²) in [6.45, 7) is -0.245. The van der Waals surface area contributed by atoms with Gasteiger partial charge in [0, 0.05) is 11.8 Å². The van der Waals surface area contributed by atoms with Crippen LogP contribution in [-0.2, 0) is 0 Å². The Morgan fingerprint density at radius 3 is 2.87 bits per heavy atom. The van der Waals surface area contributed by atoms with Crippen molar-refractivity contribution in [3.8, 4) is 0 Å². The maximum absolute atomic E-state index is 12.7. The predicted octanol–water partition coefficient (Wildman–Crippen LogP) is 1.48. The quantitative estimate of drug-likeness (QED) is 0.779. The molecule has 1 aromatic heterocycles. The van der Waals surface area contributed by atoms with Gasteiger partial charge in [-0.25, -0.2) is 18.7 Å². The molecule has 84 valence electrons. The van der Waals surface area contributed by atoms with Crippen LogP contribution < -0.4 is 5.32 Å². The summed E-state index contributed by atoms with van der Waals surface area (Å²) in [6, 6.07) is 0. The second-order valence-corrected chi connectivity index (χ2v) is 3.38. The topological polar surface area (TPSA) is 58.0 Å². The second-order valence-electron chi connectivity index (χ2n) is 3.04. The molecule has 15 heavy (non-hydrogen) atoms. The number of hydrogen-bond acceptors (Lipinski definition) is 4. The van der Waals surface area contributed by atoms with E-state index in [0.717, 1.165) is 0 Å². The molecule has 0 amide bonds. The van der Waals surface area contributed by atoms with Crippen LogP contribution in [0.25, 0.3) is 0 Å². The van der Waals surface area contributed by atoms with Crippen LogP contribution in [0.15, 0.2) is 6.20 Å². The Hall–Kier alpha value is -1.01. The fourth-order valence-corrected chi connectivity index (χ4v) is 1.00. The lowest BCUT2D eigenvalue weighted by molar-refractivity contribution is -0.0373. The van der Waals surface area contributed by atoms with Crippen molar-refractivity contribution < 1.29 is 13.9 Å². The molecule has 0 unspecified atom stereocenters. The molecule has 1 heterocycles. The molecule has 4 nitrogen and oxygen atoms in total. The molecule has 0 radical (unpaired) electrons. The Morgan fingerprint density at radius 1 is 1.60 bits per heavy atom. The number of aromatic nitrogens is 2. The maximum Gasteiger partial charge on any atom is 0.287 e. The number of halogens is 3. The highest BCUT2D eigenvalue weighted by Crippen LogP contribution is 2.16. The largest absolute Gasteiger partial charge is 0.390 e. The smallest absolute Gasteiger partial charge is 0.287 e. The summed E-state index contributed by atoms with van der Waals surface area (Å²) in [5.74, 6) is -2.94. The van der Waals surface area contributed by atoms with Gasteiger partial charge in [-0.1, -0.05) is 0 Å². The van der Waals surface area contributed by atoms with Crippen LogP contribution in [0.1, 0.15) is 5.56 Å². The molecule has 1 aromatic rings. The number of aryl methyl sites for hydroxylation is 1. The number of aliphatic hydroxyl groups excluding tert-OH is 1. The van der Waals surface area contributed by atoms with Gasteiger partial charge in [0.15, 0.2) is 0 Å². The Balaban J connectivity index is 2.69. The van der Waals surface area contributed by atoms with Crippen LogP contribution in [-0.4, -0.2) is 34.1 Å². The van der Waals surface area contributed by atoms with Gasteiger partial charge in [-0.15, -0.1) is 0 Å². The lowest BCUT2D eigenvalue weighted by Gasteiger charge is -2.15. The molecule has 0 aliphatic carbocycles. The molecule has 0 saturated heterocycles. The van der Waals surface area contributed by atoms with E-state index in [9.17, 15) is 8.78 Å². The SMILES string of the molecule is Cc1cnc(Cl)nc1NCC(F)(F)CO. The molecule has 0 bridgehead atoms. The van der Waals surface area contributed by atoms with E-state index >= 15 is 0 Å². The summed E-state index contributed by atoms with van der Waals surface area (Å²) in [5.41, 5.74) is 0.605. The molecule has 0 aliphatic rings. The highest BCUT2D eigenvalue weighted by molar-refractivity contribution is 6.28. The zero-order valence-electron chi connectivity index (χ0n) is 7.97. The molecule has 1 rings (SSSR count). The first kappa shape index (κ1) is 12.1. The number of nitrogens with zero attached hydrogens (tertiary/aromatic N) is 2. The van der Waals surface area contributed by atoms with Crippen molar-refractivity contribution in [2.24, 2.45) is 0 Å². The van der Waals surface area contributed by atoms with E-state index in [4.69, 9.17) is 16.7 Å². The summed E-state index contributed by atoms with van der Waals surface area (Å²) in [4.78, 5) is 7.42. The van der Waals surface area contributed by atoms with Gasteiger partial charge in [0.1, 0.15) is 12.4 Å². The summed E-state index contributed by atoms with van der Waals surface area (Å²) in [5, 5.41) is 10.7. The van der Waals surface area contributed by atoms with Crippen molar-refractivity contribution in [1.82, 2.24) is 9.97 Å². The van der Waals surface area contributed by atoms with E-state index in [-0.39, 0.29) is 11.1 Å². The van der Waals surface area contributed by atoms with Crippen LogP contribution in [0.4, 0.5) is 14.6 Å². The van der Waals surface area contributed by atoms with Crippen molar-refractivity contribution in [2.75, 3.05) is 18.5 Å². The Morgan fingerprint density at radius 2 is 2.27 bits per heavy atom. The van der Waals surface area contributed by atoms with E-state index in [1.54, 1.807) is 6.92 Å². The Kier molecular flexibility index (Phi) is 3.76. The first-order chi connectivity index (χ1) is 6.94. The summed E-state index contributed by atoms with van der Waals surface area (Å²) in [7, 11) is 0. The van der Waals surface area contributed by atoms with Gasteiger partial charge in [0.05, 0.1) is 6.54 Å². The van der Waals surface area contributed by atoms with Crippen molar-refractivity contribution in [1.29, 1.82) is 0 Å². The van der Waals surface area contributed by atoms with Crippen LogP contribution in [0, 0.1) is 6.92 Å². The van der Waals surface area contributed by atoms with Crippen LogP contribution in [0.5, 0.6) is 0 Å². The van der Waals surface area contributed by atoms with Gasteiger partial charge < -0.3 is 10.4 Å². The molecule has 0 atom stereocenters. The van der Waals surface area contributed by atoms with E-state index in [0.29, 0.717) is 5.56 Å². The van der Waals surface area contributed by atoms with E-state index in [2.05, 4.69) is 15.3 Å². The van der Waals surface area contributed by atoms with E-state index in [1.165, 1.54) is 6.20 Å². The summed E-state index contributed by atoms with van der Waals surface area (Å²) >= 11 is 5.50. The van der Waals surface area contributed by atoms with Crippen molar-refractivity contribution in [3.63, 3.8) is 0 Å². The Labute approximate surface area is 90.3 Å². The molecule has 0 aliphatic heterocycles. The molecule has 0 saturated carbocycles. The highest BCUT2D eigenvalue weighted by Gasteiger charge is 2.27. The lowest BCUT2D eigenvalue weighted by Crippen LogP contribution is -2.31. The van der Waals surface area contributed by atoms with Crippen molar-refractivity contribution in [2.45, 2.75) is 12.8 Å². The lowest BCUT2D eigenvalue weighted by atomic mass is 10.3. The van der Waals surface area contributed by atoms with Gasteiger partial charge in [0.2, 0.25) is 5.28 Å². The van der Waals surface area contributed by atoms with Crippen LogP contribution in [0.3, 0.4) is 0 Å². The minimum atomic E-state index is -3.18. The van der Waals surface area contributed by atoms with Crippen molar-refractivity contribution >= 4 is 17.4 Å². The number of alkyl halides is 2. The molecule has 2 N–H and O–H groups in total. The zero-order chi connectivity index (χ0) is 11.5. The third kappa shape index (κ3) is 3.56. The average Bonchev–Trinajstić information content (AvgIpc) is 2.20. The maximum atomic E-state index is 12.7. The summed E-state index contributed by atoms with van der Waals surface area (Å²) in [6.07, 6.45) is 1.43. The fourth-order valence-electron chi connectivity index (χ4n) is 0.868. The van der Waals surface area contributed by atoms with Gasteiger partial charge in [0.25, 0.3) is 5.92 Å². The third-order valence-electron chi connectivity index (χ3n) is 1.69. The molecule has 0 spiro atoms. The number of anilines is 1. The molecular formula is C8H10ClF2N3O. The normalized spacial score (nSPS) is 11.5. The minimum Gasteiger partial charge on any atom is -0.390 e. The van der Waals surface area contributed by atoms with Gasteiger partial charge >= 0.3 is 0 Å². The minimum absolute atomic E-state index is 0.0181. The monoisotopic (exact) mass is 237 g/mol. The molecule has 7 heteroatoms. The van der Waals surface area contributed by atoms with E-state index in [1.807, 2.05) is 0 Å². The van der Waals surface area contributed by atoms with Gasteiger partial charge in [-0.2, -0.15) is 0 Å². The highest BCUT2D eigenvalue weighted by atomic mass is 35.5. The van der Waals surface area contributed by atoms with Crippen molar-refractivity contribution in [3.05, 3.63) is 17.0 Å². The number of nitrogens with one attached hydrogen (secondary N) is 1. The predicted molar refractivity (Wildman–Crippen MR) is 52.3 cm³/mol.